The van der Waals surface area contributed by atoms with Crippen LogP contribution in [0.25, 0.3) is 0 Å². The summed E-state index contributed by atoms with van der Waals surface area (Å²) < 4.78 is 0. The van der Waals surface area contributed by atoms with Gasteiger partial charge in [-0.05, 0) is 25.1 Å². The van der Waals surface area contributed by atoms with E-state index in [-0.39, 0.29) is 17.5 Å². The summed E-state index contributed by atoms with van der Waals surface area (Å²) in [5, 5.41) is 3.30. The molecule has 0 radical (unpaired) electrons. The largest absolute Gasteiger partial charge is 0.332 e. The zero-order valence-corrected chi connectivity index (χ0v) is 17.8. The summed E-state index contributed by atoms with van der Waals surface area (Å²) in [6, 6.07) is 4.66. The van der Waals surface area contributed by atoms with Crippen LogP contribution in [0.3, 0.4) is 0 Å². The minimum Gasteiger partial charge on any atom is -0.332 e. The Morgan fingerprint density at radius 3 is 2.39 bits per heavy atom. The fraction of sp³-hybridized carbons (Fsp3) is 0.368. The molecule has 0 bridgehead atoms. The lowest BCUT2D eigenvalue weighted by atomic mass is 9.95. The highest BCUT2D eigenvalue weighted by Crippen LogP contribution is 2.25. The number of likely N-dealkylation sites (N-methyl/N-ethyl adjacent to an activating group) is 1. The van der Waals surface area contributed by atoms with Crippen LogP contribution < -0.4 is 10.9 Å². The van der Waals surface area contributed by atoms with E-state index in [1.807, 2.05) is 20.8 Å². The second kappa shape index (κ2) is 8.32. The molecule has 9 heteroatoms. The van der Waals surface area contributed by atoms with Gasteiger partial charge >= 0.3 is 0 Å². The third kappa shape index (κ3) is 5.11. The van der Waals surface area contributed by atoms with Gasteiger partial charge in [0.2, 0.25) is 5.91 Å². The molecule has 1 aromatic heterocycles. The van der Waals surface area contributed by atoms with Gasteiger partial charge in [0.25, 0.3) is 11.5 Å². The Morgan fingerprint density at radius 2 is 1.86 bits per heavy atom. The molecule has 0 aliphatic carbocycles. The van der Waals surface area contributed by atoms with Crippen molar-refractivity contribution in [2.45, 2.75) is 33.1 Å². The van der Waals surface area contributed by atoms with Crippen LogP contribution in [0.1, 0.15) is 42.6 Å². The number of carbonyl (C=O) groups is 2. The number of benzene rings is 1. The number of H-pyrrole nitrogens is 1. The van der Waals surface area contributed by atoms with Crippen molar-refractivity contribution >= 4 is 40.7 Å². The molecule has 0 aliphatic heterocycles. The Hall–Kier alpha value is -2.38. The minimum atomic E-state index is -0.587. The van der Waals surface area contributed by atoms with Gasteiger partial charge in [-0.15, -0.1) is 0 Å². The number of aryl methyl sites for hydroxylation is 1. The molecule has 2 amide bonds. The molecular weight excluding hydrogens is 403 g/mol. The van der Waals surface area contributed by atoms with Crippen LogP contribution >= 0.6 is 23.2 Å². The molecule has 28 heavy (non-hydrogen) atoms. The average molecular weight is 425 g/mol. The van der Waals surface area contributed by atoms with E-state index >= 15 is 0 Å². The summed E-state index contributed by atoms with van der Waals surface area (Å²) in [4.78, 5) is 45.5. The van der Waals surface area contributed by atoms with E-state index in [2.05, 4.69) is 15.3 Å². The highest BCUT2D eigenvalue weighted by molar-refractivity contribution is 6.42. The maximum absolute atomic E-state index is 12.7. The van der Waals surface area contributed by atoms with Crippen molar-refractivity contribution in [1.82, 2.24) is 14.9 Å². The van der Waals surface area contributed by atoms with Crippen molar-refractivity contribution in [3.05, 3.63) is 55.7 Å². The normalized spacial score (nSPS) is 11.2. The lowest BCUT2D eigenvalue weighted by Gasteiger charge is -2.20. The standard InChI is InChI=1S/C19H22Cl2N4O3/c1-10-15(16(27)24-18(22-10)19(2,3)4)17(28)25(5)9-14(26)23-11-6-7-12(20)13(21)8-11/h6-8H,9H2,1-5H3,(H,23,26)(H,22,24,27). The predicted molar refractivity (Wildman–Crippen MR) is 110 cm³/mol. The minimum absolute atomic E-state index is 0.0853. The van der Waals surface area contributed by atoms with E-state index in [1.54, 1.807) is 19.1 Å². The molecule has 0 saturated heterocycles. The fourth-order valence-corrected chi connectivity index (χ4v) is 2.74. The number of nitrogens with one attached hydrogen (secondary N) is 2. The van der Waals surface area contributed by atoms with Gasteiger partial charge in [0.05, 0.1) is 22.3 Å². The lowest BCUT2D eigenvalue weighted by Crippen LogP contribution is -2.39. The monoisotopic (exact) mass is 424 g/mol. The molecule has 0 atom stereocenters. The Kier molecular flexibility index (Phi) is 6.52. The van der Waals surface area contributed by atoms with Crippen LogP contribution in [0.4, 0.5) is 5.69 Å². The summed E-state index contributed by atoms with van der Waals surface area (Å²) in [7, 11) is 1.44. The molecule has 0 saturated carbocycles. The van der Waals surface area contributed by atoms with Crippen molar-refractivity contribution in [2.75, 3.05) is 18.9 Å². The van der Waals surface area contributed by atoms with Crippen LogP contribution in [-0.4, -0.2) is 40.3 Å². The second-order valence-corrected chi connectivity index (χ2v) is 8.28. The summed E-state index contributed by atoms with van der Waals surface area (Å²) in [5.41, 5.74) is -0.213. The molecule has 0 unspecified atom stereocenters. The summed E-state index contributed by atoms with van der Waals surface area (Å²) in [6.07, 6.45) is 0. The van der Waals surface area contributed by atoms with Gasteiger partial charge < -0.3 is 15.2 Å². The number of carbonyl (C=O) groups excluding carboxylic acids is 2. The van der Waals surface area contributed by atoms with E-state index in [9.17, 15) is 14.4 Å². The van der Waals surface area contributed by atoms with Crippen LogP contribution in [0.15, 0.2) is 23.0 Å². The molecule has 2 N–H and O–H groups in total. The first-order chi connectivity index (χ1) is 12.9. The van der Waals surface area contributed by atoms with Gasteiger partial charge in [-0.1, -0.05) is 44.0 Å². The van der Waals surface area contributed by atoms with Crippen LogP contribution in [0.5, 0.6) is 0 Å². The Bertz CT molecular complexity index is 980. The molecule has 1 heterocycles. The number of aromatic nitrogens is 2. The molecule has 2 aromatic rings. The van der Waals surface area contributed by atoms with Crippen molar-refractivity contribution in [2.24, 2.45) is 0 Å². The molecule has 150 valence electrons. The van der Waals surface area contributed by atoms with Gasteiger partial charge in [-0.2, -0.15) is 0 Å². The van der Waals surface area contributed by atoms with Crippen molar-refractivity contribution in [1.29, 1.82) is 0 Å². The Balaban J connectivity index is 2.15. The third-order valence-electron chi connectivity index (χ3n) is 3.96. The second-order valence-electron chi connectivity index (χ2n) is 7.46. The van der Waals surface area contributed by atoms with E-state index in [0.717, 1.165) is 4.90 Å². The summed E-state index contributed by atoms with van der Waals surface area (Å²) in [6.45, 7) is 7.07. The molecule has 0 spiro atoms. The van der Waals surface area contributed by atoms with E-state index in [0.29, 0.717) is 27.3 Å². The van der Waals surface area contributed by atoms with Crippen LogP contribution in [-0.2, 0) is 10.2 Å². The summed E-state index contributed by atoms with van der Waals surface area (Å²) >= 11 is 11.8. The zero-order valence-electron chi connectivity index (χ0n) is 16.3. The van der Waals surface area contributed by atoms with Gasteiger partial charge in [0, 0.05) is 18.2 Å². The molecule has 0 aliphatic rings. The zero-order chi connectivity index (χ0) is 21.2. The number of rotatable bonds is 4. The SMILES string of the molecule is Cc1nc(C(C)(C)C)[nH]c(=O)c1C(=O)N(C)CC(=O)Nc1ccc(Cl)c(Cl)c1. The summed E-state index contributed by atoms with van der Waals surface area (Å²) in [5.74, 6) is -0.537. The van der Waals surface area contributed by atoms with E-state index < -0.39 is 17.4 Å². The molecule has 1 aromatic carbocycles. The van der Waals surface area contributed by atoms with Gasteiger partial charge in [0.1, 0.15) is 11.4 Å². The number of halogens is 2. The average Bonchev–Trinajstić information content (AvgIpc) is 2.56. The van der Waals surface area contributed by atoms with Gasteiger partial charge in [0.15, 0.2) is 0 Å². The Labute approximate surface area is 173 Å². The van der Waals surface area contributed by atoms with Crippen molar-refractivity contribution < 1.29 is 9.59 Å². The van der Waals surface area contributed by atoms with Gasteiger partial charge in [-0.25, -0.2) is 4.98 Å². The maximum Gasteiger partial charge on any atom is 0.264 e. The number of nitrogens with zero attached hydrogens (tertiary/aromatic N) is 2. The first kappa shape index (κ1) is 21.9. The number of aromatic amines is 1. The predicted octanol–water partition coefficient (Wildman–Crippen LogP) is 3.39. The number of hydrogen-bond donors (Lipinski definition) is 2. The van der Waals surface area contributed by atoms with Crippen molar-refractivity contribution in [3.63, 3.8) is 0 Å². The van der Waals surface area contributed by atoms with E-state index in [4.69, 9.17) is 23.2 Å². The van der Waals surface area contributed by atoms with Crippen molar-refractivity contribution in [3.8, 4) is 0 Å². The first-order valence-corrected chi connectivity index (χ1v) is 9.27. The third-order valence-corrected chi connectivity index (χ3v) is 4.69. The quantitative estimate of drug-likeness (QED) is 0.785. The number of hydrogen-bond acceptors (Lipinski definition) is 4. The Morgan fingerprint density at radius 1 is 1.21 bits per heavy atom. The molecular formula is C19H22Cl2N4O3. The van der Waals surface area contributed by atoms with Gasteiger partial charge in [-0.3, -0.25) is 14.4 Å². The maximum atomic E-state index is 12.7. The topological polar surface area (TPSA) is 95.2 Å². The first-order valence-electron chi connectivity index (χ1n) is 8.52. The van der Waals surface area contributed by atoms with E-state index in [1.165, 1.54) is 13.1 Å². The smallest absolute Gasteiger partial charge is 0.264 e. The number of anilines is 1. The fourth-order valence-electron chi connectivity index (χ4n) is 2.45. The highest BCUT2D eigenvalue weighted by atomic mass is 35.5. The number of amides is 2. The van der Waals surface area contributed by atoms with Crippen LogP contribution in [0, 0.1) is 6.92 Å². The molecule has 0 fully saturated rings. The molecule has 2 rings (SSSR count). The lowest BCUT2D eigenvalue weighted by molar-refractivity contribution is -0.116. The van der Waals surface area contributed by atoms with Crippen LogP contribution in [0.2, 0.25) is 10.0 Å². The molecule has 7 nitrogen and oxygen atoms in total. The highest BCUT2D eigenvalue weighted by Gasteiger charge is 2.24.